The lowest BCUT2D eigenvalue weighted by Gasteiger charge is -2.20. The van der Waals surface area contributed by atoms with Crippen LogP contribution in [0.2, 0.25) is 0 Å². The Morgan fingerprint density at radius 1 is 1.23 bits per heavy atom. The molecule has 1 saturated heterocycles. The van der Waals surface area contributed by atoms with Crippen molar-refractivity contribution in [2.45, 2.75) is 52.4 Å². The maximum Gasteiger partial charge on any atom is -0.00204 e. The highest BCUT2D eigenvalue weighted by Gasteiger charge is 2.15. The van der Waals surface area contributed by atoms with E-state index < -0.39 is 0 Å². The summed E-state index contributed by atoms with van der Waals surface area (Å²) in [5, 5.41) is 3.55. The van der Waals surface area contributed by atoms with Crippen LogP contribution in [0.25, 0.3) is 0 Å². The topological polar surface area (TPSA) is 12.0 Å². The first-order valence-electron chi connectivity index (χ1n) is 6.07. The zero-order chi connectivity index (χ0) is 9.52. The molecule has 0 spiro atoms. The van der Waals surface area contributed by atoms with Crippen molar-refractivity contribution in [3.8, 4) is 0 Å². The van der Waals surface area contributed by atoms with Crippen LogP contribution in [0, 0.1) is 11.8 Å². The van der Waals surface area contributed by atoms with Gasteiger partial charge in [-0.15, -0.1) is 0 Å². The molecule has 1 aliphatic heterocycles. The summed E-state index contributed by atoms with van der Waals surface area (Å²) < 4.78 is 0. The van der Waals surface area contributed by atoms with Gasteiger partial charge in [-0.1, -0.05) is 33.1 Å². The third kappa shape index (κ3) is 4.12. The molecular weight excluding hydrogens is 158 g/mol. The van der Waals surface area contributed by atoms with Crippen LogP contribution in [0.3, 0.4) is 0 Å². The van der Waals surface area contributed by atoms with E-state index in [1.807, 2.05) is 0 Å². The molecule has 1 fully saturated rings. The minimum atomic E-state index is 0.965. The third-order valence-electron chi connectivity index (χ3n) is 3.47. The second-order valence-corrected chi connectivity index (χ2v) is 4.48. The van der Waals surface area contributed by atoms with Crippen molar-refractivity contribution in [2.75, 3.05) is 13.1 Å². The Bertz CT molecular complexity index is 110. The van der Waals surface area contributed by atoms with Crippen molar-refractivity contribution in [3.05, 3.63) is 0 Å². The average Bonchev–Trinajstić information content (AvgIpc) is 2.42. The van der Waals surface area contributed by atoms with E-state index in [-0.39, 0.29) is 0 Å². The van der Waals surface area contributed by atoms with Crippen LogP contribution in [0.5, 0.6) is 0 Å². The Kier molecular flexibility index (Phi) is 5.45. The summed E-state index contributed by atoms with van der Waals surface area (Å²) in [5.74, 6) is 1.94. The van der Waals surface area contributed by atoms with Crippen LogP contribution < -0.4 is 5.32 Å². The van der Waals surface area contributed by atoms with Gasteiger partial charge in [0, 0.05) is 0 Å². The smallest absolute Gasteiger partial charge is 0.00204 e. The highest BCUT2D eigenvalue weighted by Crippen LogP contribution is 2.23. The SMILES string of the molecule is CCC(CC)CC1CCCCNC1. The van der Waals surface area contributed by atoms with Crippen LogP contribution in [0.1, 0.15) is 52.4 Å². The lowest BCUT2D eigenvalue weighted by molar-refractivity contribution is 0.336. The molecular formula is C12H25N. The van der Waals surface area contributed by atoms with E-state index in [0.29, 0.717) is 0 Å². The second kappa shape index (κ2) is 6.42. The number of nitrogens with one attached hydrogen (secondary N) is 1. The van der Waals surface area contributed by atoms with E-state index in [2.05, 4.69) is 19.2 Å². The molecule has 1 heterocycles. The van der Waals surface area contributed by atoms with Gasteiger partial charge in [0.25, 0.3) is 0 Å². The first kappa shape index (κ1) is 11.0. The summed E-state index contributed by atoms with van der Waals surface area (Å²) in [7, 11) is 0. The predicted molar refractivity (Wildman–Crippen MR) is 58.9 cm³/mol. The van der Waals surface area contributed by atoms with E-state index >= 15 is 0 Å². The van der Waals surface area contributed by atoms with E-state index in [0.717, 1.165) is 11.8 Å². The maximum absolute atomic E-state index is 3.55. The van der Waals surface area contributed by atoms with Crippen molar-refractivity contribution >= 4 is 0 Å². The lowest BCUT2D eigenvalue weighted by Crippen LogP contribution is -2.22. The summed E-state index contributed by atoms with van der Waals surface area (Å²) >= 11 is 0. The van der Waals surface area contributed by atoms with Crippen molar-refractivity contribution in [3.63, 3.8) is 0 Å². The molecule has 1 unspecified atom stereocenters. The Labute approximate surface area is 83.3 Å². The van der Waals surface area contributed by atoms with Gasteiger partial charge in [0.1, 0.15) is 0 Å². The molecule has 1 N–H and O–H groups in total. The molecule has 1 rings (SSSR count). The first-order valence-corrected chi connectivity index (χ1v) is 6.07. The molecule has 0 saturated carbocycles. The van der Waals surface area contributed by atoms with Gasteiger partial charge in [0.05, 0.1) is 0 Å². The fourth-order valence-electron chi connectivity index (χ4n) is 2.39. The minimum Gasteiger partial charge on any atom is -0.316 e. The highest BCUT2D eigenvalue weighted by molar-refractivity contribution is 4.70. The monoisotopic (exact) mass is 183 g/mol. The Hall–Kier alpha value is -0.0400. The van der Waals surface area contributed by atoms with Gasteiger partial charge in [-0.3, -0.25) is 0 Å². The first-order chi connectivity index (χ1) is 6.36. The molecule has 0 aromatic heterocycles. The summed E-state index contributed by atoms with van der Waals surface area (Å²) in [5.41, 5.74) is 0. The van der Waals surface area contributed by atoms with Gasteiger partial charge >= 0.3 is 0 Å². The molecule has 1 nitrogen and oxygen atoms in total. The van der Waals surface area contributed by atoms with Crippen molar-refractivity contribution < 1.29 is 0 Å². The number of hydrogen-bond acceptors (Lipinski definition) is 1. The summed E-state index contributed by atoms with van der Waals surface area (Å²) in [4.78, 5) is 0. The molecule has 1 aliphatic rings. The Morgan fingerprint density at radius 3 is 2.69 bits per heavy atom. The van der Waals surface area contributed by atoms with Gasteiger partial charge in [-0.25, -0.2) is 0 Å². The molecule has 0 aliphatic carbocycles. The van der Waals surface area contributed by atoms with Gasteiger partial charge in [0.15, 0.2) is 0 Å². The van der Waals surface area contributed by atoms with E-state index in [9.17, 15) is 0 Å². The van der Waals surface area contributed by atoms with Crippen LogP contribution >= 0.6 is 0 Å². The van der Waals surface area contributed by atoms with Crippen LogP contribution in [0.4, 0.5) is 0 Å². The standard InChI is InChI=1S/C12H25N/c1-3-11(4-2)9-12-7-5-6-8-13-10-12/h11-13H,3-10H2,1-2H3. The van der Waals surface area contributed by atoms with Crippen LogP contribution in [-0.4, -0.2) is 13.1 Å². The predicted octanol–water partition coefficient (Wildman–Crippen LogP) is 3.20. The fourth-order valence-corrected chi connectivity index (χ4v) is 2.39. The number of rotatable bonds is 4. The van der Waals surface area contributed by atoms with Crippen LogP contribution in [-0.2, 0) is 0 Å². The van der Waals surface area contributed by atoms with E-state index in [1.165, 1.54) is 51.6 Å². The van der Waals surface area contributed by atoms with Crippen molar-refractivity contribution in [1.82, 2.24) is 5.32 Å². The van der Waals surface area contributed by atoms with E-state index in [4.69, 9.17) is 0 Å². The summed E-state index contributed by atoms with van der Waals surface area (Å²) in [6.45, 7) is 7.19. The van der Waals surface area contributed by atoms with Crippen molar-refractivity contribution in [1.29, 1.82) is 0 Å². The normalized spacial score (nSPS) is 24.7. The summed E-state index contributed by atoms with van der Waals surface area (Å²) in [6.07, 6.45) is 8.49. The molecule has 0 aromatic carbocycles. The molecule has 0 amide bonds. The van der Waals surface area contributed by atoms with E-state index in [1.54, 1.807) is 0 Å². The van der Waals surface area contributed by atoms with Gasteiger partial charge < -0.3 is 5.32 Å². The molecule has 13 heavy (non-hydrogen) atoms. The second-order valence-electron chi connectivity index (χ2n) is 4.48. The fraction of sp³-hybridized carbons (Fsp3) is 1.00. The molecule has 1 heteroatoms. The molecule has 0 radical (unpaired) electrons. The molecule has 0 aromatic rings. The van der Waals surface area contributed by atoms with Crippen molar-refractivity contribution in [2.24, 2.45) is 11.8 Å². The maximum atomic E-state index is 3.55. The Balaban J connectivity index is 2.24. The molecule has 0 bridgehead atoms. The minimum absolute atomic E-state index is 0.965. The zero-order valence-electron chi connectivity index (χ0n) is 9.31. The lowest BCUT2D eigenvalue weighted by atomic mass is 9.88. The van der Waals surface area contributed by atoms with Crippen LogP contribution in [0.15, 0.2) is 0 Å². The van der Waals surface area contributed by atoms with Gasteiger partial charge in [0.2, 0.25) is 0 Å². The van der Waals surface area contributed by atoms with Gasteiger partial charge in [-0.2, -0.15) is 0 Å². The highest BCUT2D eigenvalue weighted by atomic mass is 14.9. The largest absolute Gasteiger partial charge is 0.316 e. The third-order valence-corrected chi connectivity index (χ3v) is 3.47. The quantitative estimate of drug-likeness (QED) is 0.705. The molecule has 78 valence electrons. The summed E-state index contributed by atoms with van der Waals surface area (Å²) in [6, 6.07) is 0. The molecule has 1 atom stereocenters. The number of hydrogen-bond donors (Lipinski definition) is 1. The van der Waals surface area contributed by atoms with Gasteiger partial charge in [-0.05, 0) is 44.2 Å². The Morgan fingerprint density at radius 2 is 2.00 bits per heavy atom. The average molecular weight is 183 g/mol. The zero-order valence-corrected chi connectivity index (χ0v) is 9.31.